The molecule has 0 spiro atoms. The Hall–Kier alpha value is -3.14. The Balaban J connectivity index is 1.65. The van der Waals surface area contributed by atoms with Crippen molar-refractivity contribution in [3.8, 4) is 11.8 Å². The molecule has 0 heterocycles. The molecule has 1 amide bonds. The van der Waals surface area contributed by atoms with E-state index >= 15 is 0 Å². The van der Waals surface area contributed by atoms with Gasteiger partial charge in [0, 0.05) is 20.6 Å². The van der Waals surface area contributed by atoms with Crippen LogP contribution >= 0.6 is 27.5 Å². The van der Waals surface area contributed by atoms with Gasteiger partial charge in [0.25, 0.3) is 0 Å². The van der Waals surface area contributed by atoms with Gasteiger partial charge < -0.3 is 4.74 Å². The second-order valence-corrected chi connectivity index (χ2v) is 7.69. The Morgan fingerprint density at radius 1 is 1.17 bits per heavy atom. The van der Waals surface area contributed by atoms with Crippen molar-refractivity contribution in [1.82, 2.24) is 5.43 Å². The molecule has 0 saturated heterocycles. The van der Waals surface area contributed by atoms with Crippen molar-refractivity contribution in [3.63, 3.8) is 0 Å². The normalized spacial score (nSPS) is 10.6. The van der Waals surface area contributed by atoms with Crippen molar-refractivity contribution in [1.29, 1.82) is 5.26 Å². The Morgan fingerprint density at radius 2 is 1.93 bits per heavy atom. The quantitative estimate of drug-likeness (QED) is 0.369. The number of hydrazone groups is 1. The van der Waals surface area contributed by atoms with Crippen LogP contribution in [0.1, 0.15) is 22.3 Å². The van der Waals surface area contributed by atoms with Gasteiger partial charge in [-0.05, 0) is 42.0 Å². The van der Waals surface area contributed by atoms with E-state index in [0.29, 0.717) is 21.9 Å². The zero-order valence-corrected chi connectivity index (χ0v) is 18.2. The number of halogens is 2. The second kappa shape index (κ2) is 10.6. The molecule has 7 heteroatoms. The lowest BCUT2D eigenvalue weighted by atomic mass is 10.1. The van der Waals surface area contributed by atoms with Gasteiger partial charge in [-0.15, -0.1) is 0 Å². The minimum absolute atomic E-state index is 0.217. The average Bonchev–Trinajstić information content (AvgIpc) is 2.75. The first-order valence-corrected chi connectivity index (χ1v) is 10.2. The van der Waals surface area contributed by atoms with E-state index in [9.17, 15) is 10.1 Å². The molecule has 0 saturated carbocycles. The molecule has 0 radical (unpaired) electrons. The fraction of sp³-hybridized carbons (Fsp3) is 0.0870. The van der Waals surface area contributed by atoms with Gasteiger partial charge in [-0.25, -0.2) is 5.43 Å². The Morgan fingerprint density at radius 3 is 2.70 bits per heavy atom. The first kappa shape index (κ1) is 21.6. The van der Waals surface area contributed by atoms with Gasteiger partial charge in [0.05, 0.1) is 24.3 Å². The van der Waals surface area contributed by atoms with Crippen LogP contribution in [0.4, 0.5) is 0 Å². The Bertz CT molecular complexity index is 1110. The largest absolute Gasteiger partial charge is 0.488 e. The molecule has 0 fully saturated rings. The monoisotopic (exact) mass is 481 g/mol. The van der Waals surface area contributed by atoms with E-state index in [4.69, 9.17) is 16.3 Å². The maximum atomic E-state index is 12.1. The minimum Gasteiger partial charge on any atom is -0.488 e. The highest BCUT2D eigenvalue weighted by atomic mass is 79.9. The molecule has 3 aromatic carbocycles. The molecule has 0 bridgehead atoms. The number of carbonyl (C=O) groups excluding carboxylic acids is 1. The first-order chi connectivity index (χ1) is 14.5. The molecule has 5 nitrogen and oxygen atoms in total. The highest BCUT2D eigenvalue weighted by Gasteiger charge is 2.07. The highest BCUT2D eigenvalue weighted by molar-refractivity contribution is 9.10. The van der Waals surface area contributed by atoms with E-state index in [1.165, 1.54) is 6.21 Å². The van der Waals surface area contributed by atoms with E-state index in [1.54, 1.807) is 30.3 Å². The molecular weight excluding hydrogens is 466 g/mol. The summed E-state index contributed by atoms with van der Waals surface area (Å²) < 4.78 is 6.82. The number of amides is 1. The van der Waals surface area contributed by atoms with E-state index in [0.717, 1.165) is 15.6 Å². The molecular formula is C23H17BrClN3O2. The van der Waals surface area contributed by atoms with Crippen LogP contribution in [0.15, 0.2) is 76.3 Å². The van der Waals surface area contributed by atoms with Crippen LogP contribution in [0.5, 0.6) is 5.75 Å². The van der Waals surface area contributed by atoms with Crippen molar-refractivity contribution in [2.45, 2.75) is 13.0 Å². The lowest BCUT2D eigenvalue weighted by Gasteiger charge is -2.10. The molecule has 3 aromatic rings. The van der Waals surface area contributed by atoms with Crippen LogP contribution in [-0.2, 0) is 17.8 Å². The fourth-order valence-electron chi connectivity index (χ4n) is 2.66. The Kier molecular flexibility index (Phi) is 7.61. The summed E-state index contributed by atoms with van der Waals surface area (Å²) in [5.41, 5.74) is 5.34. The smallest absolute Gasteiger partial charge is 0.244 e. The van der Waals surface area contributed by atoms with Gasteiger partial charge in [0.15, 0.2) is 0 Å². The highest BCUT2D eigenvalue weighted by Crippen LogP contribution is 2.23. The zero-order valence-electron chi connectivity index (χ0n) is 15.8. The van der Waals surface area contributed by atoms with Crippen molar-refractivity contribution in [2.75, 3.05) is 0 Å². The van der Waals surface area contributed by atoms with E-state index in [-0.39, 0.29) is 18.9 Å². The number of nitriles is 1. The average molecular weight is 483 g/mol. The van der Waals surface area contributed by atoms with E-state index < -0.39 is 0 Å². The van der Waals surface area contributed by atoms with Gasteiger partial charge >= 0.3 is 0 Å². The third kappa shape index (κ3) is 6.18. The maximum Gasteiger partial charge on any atom is 0.244 e. The van der Waals surface area contributed by atoms with Gasteiger partial charge in [-0.3, -0.25) is 4.79 Å². The third-order valence-corrected chi connectivity index (χ3v) is 4.93. The van der Waals surface area contributed by atoms with Crippen LogP contribution in [-0.4, -0.2) is 12.1 Å². The summed E-state index contributed by atoms with van der Waals surface area (Å²) in [6.07, 6.45) is 1.70. The van der Waals surface area contributed by atoms with Crippen LogP contribution in [0.3, 0.4) is 0 Å². The zero-order chi connectivity index (χ0) is 21.3. The molecule has 1 N–H and O–H groups in total. The SMILES string of the molecule is N#Cc1ccccc1COc1ccc(Cl)cc1/C=N/NC(=O)Cc1ccc(Br)cc1. The molecule has 0 aliphatic rings. The summed E-state index contributed by atoms with van der Waals surface area (Å²) in [7, 11) is 0. The molecule has 0 aromatic heterocycles. The molecule has 150 valence electrons. The topological polar surface area (TPSA) is 74.5 Å². The second-order valence-electron chi connectivity index (χ2n) is 6.34. The number of rotatable bonds is 7. The third-order valence-electron chi connectivity index (χ3n) is 4.16. The van der Waals surface area contributed by atoms with Crippen molar-refractivity contribution in [3.05, 3.63) is 98.5 Å². The standard InChI is InChI=1S/C23H17BrClN3O2/c24-20-7-5-16(6-8-20)11-23(29)28-27-14-19-12-21(25)9-10-22(19)30-15-18-4-2-1-3-17(18)13-26/h1-10,12,14H,11,15H2,(H,28,29)/b27-14+. The molecule has 0 aliphatic carbocycles. The fourth-order valence-corrected chi connectivity index (χ4v) is 3.11. The summed E-state index contributed by atoms with van der Waals surface area (Å²) in [5, 5.41) is 13.7. The maximum absolute atomic E-state index is 12.1. The van der Waals surface area contributed by atoms with Crippen LogP contribution in [0, 0.1) is 11.3 Å². The van der Waals surface area contributed by atoms with Gasteiger partial charge in [0.2, 0.25) is 5.91 Å². The number of nitrogens with zero attached hydrogens (tertiary/aromatic N) is 2. The Labute approximate surface area is 188 Å². The minimum atomic E-state index is -0.235. The number of benzene rings is 3. The lowest BCUT2D eigenvalue weighted by Crippen LogP contribution is -2.19. The number of nitrogens with one attached hydrogen (secondary N) is 1. The molecule has 3 rings (SSSR count). The van der Waals surface area contributed by atoms with Crippen LogP contribution in [0.25, 0.3) is 0 Å². The van der Waals surface area contributed by atoms with E-state index in [2.05, 4.69) is 32.5 Å². The first-order valence-electron chi connectivity index (χ1n) is 9.02. The lowest BCUT2D eigenvalue weighted by molar-refractivity contribution is -0.120. The summed E-state index contributed by atoms with van der Waals surface area (Å²) in [5.74, 6) is 0.305. The predicted molar refractivity (Wildman–Crippen MR) is 121 cm³/mol. The summed E-state index contributed by atoms with van der Waals surface area (Å²) in [6.45, 7) is 0.224. The number of carbonyl (C=O) groups is 1. The summed E-state index contributed by atoms with van der Waals surface area (Å²) in [4.78, 5) is 12.1. The van der Waals surface area contributed by atoms with Crippen LogP contribution < -0.4 is 10.2 Å². The summed E-state index contributed by atoms with van der Waals surface area (Å²) >= 11 is 9.46. The van der Waals surface area contributed by atoms with Crippen LogP contribution in [0.2, 0.25) is 5.02 Å². The molecule has 0 atom stereocenters. The number of ether oxygens (including phenoxy) is 1. The molecule has 0 aliphatic heterocycles. The number of hydrogen-bond acceptors (Lipinski definition) is 4. The van der Waals surface area contributed by atoms with Gasteiger partial charge in [0.1, 0.15) is 12.4 Å². The number of hydrogen-bond donors (Lipinski definition) is 1. The van der Waals surface area contributed by atoms with Gasteiger partial charge in [-0.1, -0.05) is 57.9 Å². The summed E-state index contributed by atoms with van der Waals surface area (Å²) in [6, 6.07) is 22.0. The van der Waals surface area contributed by atoms with Gasteiger partial charge in [-0.2, -0.15) is 10.4 Å². The van der Waals surface area contributed by atoms with Crippen molar-refractivity contribution < 1.29 is 9.53 Å². The van der Waals surface area contributed by atoms with Crippen molar-refractivity contribution in [2.24, 2.45) is 5.10 Å². The van der Waals surface area contributed by atoms with Crippen molar-refractivity contribution >= 4 is 39.7 Å². The predicted octanol–water partition coefficient (Wildman–Crippen LogP) is 5.25. The molecule has 0 unspecified atom stereocenters. The van der Waals surface area contributed by atoms with E-state index in [1.807, 2.05) is 36.4 Å². The molecule has 30 heavy (non-hydrogen) atoms.